The smallest absolute Gasteiger partial charge is 0.311 e. The summed E-state index contributed by atoms with van der Waals surface area (Å²) in [6.45, 7) is 4.05. The van der Waals surface area contributed by atoms with Crippen LogP contribution in [0, 0.1) is 11.8 Å². The van der Waals surface area contributed by atoms with Gasteiger partial charge in [-0.3, -0.25) is 4.79 Å². The first-order chi connectivity index (χ1) is 7.60. The third kappa shape index (κ3) is 2.76. The van der Waals surface area contributed by atoms with Gasteiger partial charge in [-0.1, -0.05) is 26.7 Å². The van der Waals surface area contributed by atoms with Gasteiger partial charge in [0.25, 0.3) is 0 Å². The Morgan fingerprint density at radius 3 is 2.50 bits per heavy atom. The minimum atomic E-state index is -0.831. The summed E-state index contributed by atoms with van der Waals surface area (Å²) >= 11 is 0. The van der Waals surface area contributed by atoms with Crippen molar-refractivity contribution >= 4 is 5.97 Å². The molecule has 3 heteroatoms. The molecule has 1 saturated carbocycles. The Bertz CT molecular complexity index is 235. The second-order valence-corrected chi connectivity index (χ2v) is 4.84. The number of carbonyl (C=O) groups excluding carboxylic acids is 1. The highest BCUT2D eigenvalue weighted by Gasteiger charge is 2.50. The standard InChI is InChI=1S/C13H24O3/c1-4-6-7-11(12(14)16-3)13(15,5-2)10-8-9-10/h10-11,15H,4-9H2,1-3H3. The lowest BCUT2D eigenvalue weighted by molar-refractivity contribution is -0.159. The molecule has 1 rings (SSSR count). The number of unbranched alkanes of at least 4 members (excludes halogenated alkanes) is 1. The van der Waals surface area contributed by atoms with Gasteiger partial charge in [-0.05, 0) is 31.6 Å². The minimum absolute atomic E-state index is 0.246. The number of hydrogen-bond acceptors (Lipinski definition) is 3. The molecule has 0 spiro atoms. The molecule has 1 N–H and O–H groups in total. The van der Waals surface area contributed by atoms with Crippen LogP contribution in [-0.4, -0.2) is 23.8 Å². The Morgan fingerprint density at radius 1 is 1.50 bits per heavy atom. The van der Waals surface area contributed by atoms with E-state index in [0.717, 1.165) is 32.1 Å². The molecule has 0 bridgehead atoms. The summed E-state index contributed by atoms with van der Waals surface area (Å²) in [5, 5.41) is 10.6. The fourth-order valence-corrected chi connectivity index (χ4v) is 2.53. The zero-order chi connectivity index (χ0) is 12.2. The highest BCUT2D eigenvalue weighted by Crippen LogP contribution is 2.47. The van der Waals surface area contributed by atoms with Crippen LogP contribution in [0.2, 0.25) is 0 Å². The van der Waals surface area contributed by atoms with E-state index < -0.39 is 5.60 Å². The summed E-state index contributed by atoms with van der Waals surface area (Å²) in [5.74, 6) is -0.280. The molecule has 0 amide bonds. The second kappa shape index (κ2) is 5.67. The van der Waals surface area contributed by atoms with E-state index >= 15 is 0 Å². The molecule has 1 aliphatic rings. The molecular weight excluding hydrogens is 204 g/mol. The molecule has 2 atom stereocenters. The molecule has 1 fully saturated rings. The fraction of sp³-hybridized carbons (Fsp3) is 0.923. The number of methoxy groups -OCH3 is 1. The van der Waals surface area contributed by atoms with Gasteiger partial charge in [-0.2, -0.15) is 0 Å². The van der Waals surface area contributed by atoms with E-state index in [4.69, 9.17) is 4.74 Å². The molecule has 0 aromatic rings. The molecule has 0 aromatic heterocycles. The van der Waals surface area contributed by atoms with E-state index in [1.807, 2.05) is 6.92 Å². The van der Waals surface area contributed by atoms with Gasteiger partial charge in [0.15, 0.2) is 0 Å². The molecule has 0 aromatic carbocycles. The Morgan fingerprint density at radius 2 is 2.12 bits per heavy atom. The quantitative estimate of drug-likeness (QED) is 0.681. The van der Waals surface area contributed by atoms with Crippen LogP contribution in [0.4, 0.5) is 0 Å². The van der Waals surface area contributed by atoms with Crippen molar-refractivity contribution in [3.8, 4) is 0 Å². The Kier molecular flexibility index (Phi) is 4.78. The Hall–Kier alpha value is -0.570. The van der Waals surface area contributed by atoms with E-state index in [-0.39, 0.29) is 11.9 Å². The van der Waals surface area contributed by atoms with Crippen LogP contribution in [0.15, 0.2) is 0 Å². The maximum absolute atomic E-state index is 11.8. The van der Waals surface area contributed by atoms with Gasteiger partial charge >= 0.3 is 5.97 Å². The molecule has 3 nitrogen and oxygen atoms in total. The van der Waals surface area contributed by atoms with E-state index in [2.05, 4.69) is 6.92 Å². The van der Waals surface area contributed by atoms with Crippen LogP contribution in [0.3, 0.4) is 0 Å². The van der Waals surface area contributed by atoms with Crippen molar-refractivity contribution in [2.24, 2.45) is 11.8 Å². The SMILES string of the molecule is CCCCC(C(=O)OC)C(O)(CC)C1CC1. The summed E-state index contributed by atoms with van der Waals surface area (Å²) in [6.07, 6.45) is 5.48. The fourth-order valence-electron chi connectivity index (χ4n) is 2.53. The Balaban J connectivity index is 2.75. The van der Waals surface area contributed by atoms with Crippen LogP contribution in [0.1, 0.15) is 52.4 Å². The number of rotatable bonds is 7. The van der Waals surface area contributed by atoms with Gasteiger partial charge in [0.05, 0.1) is 18.6 Å². The highest BCUT2D eigenvalue weighted by molar-refractivity contribution is 5.73. The van der Waals surface area contributed by atoms with Crippen molar-refractivity contribution in [1.82, 2.24) is 0 Å². The van der Waals surface area contributed by atoms with Crippen molar-refractivity contribution < 1.29 is 14.6 Å². The molecule has 0 heterocycles. The summed E-state index contributed by atoms with van der Waals surface area (Å²) in [7, 11) is 1.41. The monoisotopic (exact) mass is 228 g/mol. The largest absolute Gasteiger partial charge is 0.469 e. The van der Waals surface area contributed by atoms with Crippen molar-refractivity contribution in [2.75, 3.05) is 7.11 Å². The third-order valence-corrected chi connectivity index (χ3v) is 3.79. The number of aliphatic hydroxyl groups is 1. The van der Waals surface area contributed by atoms with Gasteiger partial charge < -0.3 is 9.84 Å². The maximum Gasteiger partial charge on any atom is 0.311 e. The van der Waals surface area contributed by atoms with Gasteiger partial charge in [-0.25, -0.2) is 0 Å². The van der Waals surface area contributed by atoms with E-state index in [1.165, 1.54) is 7.11 Å². The molecular formula is C13H24O3. The van der Waals surface area contributed by atoms with E-state index in [0.29, 0.717) is 12.3 Å². The van der Waals surface area contributed by atoms with Gasteiger partial charge in [0.1, 0.15) is 0 Å². The number of ether oxygens (including phenoxy) is 1. The average molecular weight is 228 g/mol. The van der Waals surface area contributed by atoms with Crippen molar-refractivity contribution in [2.45, 2.75) is 58.0 Å². The second-order valence-electron chi connectivity index (χ2n) is 4.84. The summed E-state index contributed by atoms with van der Waals surface area (Å²) in [6, 6.07) is 0. The first kappa shape index (κ1) is 13.5. The maximum atomic E-state index is 11.8. The van der Waals surface area contributed by atoms with E-state index in [9.17, 15) is 9.90 Å². The van der Waals surface area contributed by atoms with Gasteiger partial charge in [0, 0.05) is 0 Å². The third-order valence-electron chi connectivity index (χ3n) is 3.79. The molecule has 0 radical (unpaired) electrons. The van der Waals surface area contributed by atoms with Crippen LogP contribution in [0.25, 0.3) is 0 Å². The van der Waals surface area contributed by atoms with E-state index in [1.54, 1.807) is 0 Å². The van der Waals surface area contributed by atoms with Gasteiger partial charge in [0.2, 0.25) is 0 Å². The van der Waals surface area contributed by atoms with Crippen LogP contribution < -0.4 is 0 Å². The first-order valence-electron chi connectivity index (χ1n) is 6.40. The molecule has 2 unspecified atom stereocenters. The first-order valence-corrected chi connectivity index (χ1v) is 6.40. The predicted molar refractivity (Wildman–Crippen MR) is 63.0 cm³/mol. The molecule has 1 aliphatic carbocycles. The van der Waals surface area contributed by atoms with Crippen LogP contribution in [0.5, 0.6) is 0 Å². The molecule has 0 aliphatic heterocycles. The average Bonchev–Trinajstić information content (AvgIpc) is 3.12. The highest BCUT2D eigenvalue weighted by atomic mass is 16.5. The van der Waals surface area contributed by atoms with Gasteiger partial charge in [-0.15, -0.1) is 0 Å². The number of hydrogen-bond donors (Lipinski definition) is 1. The summed E-state index contributed by atoms with van der Waals surface area (Å²) < 4.78 is 4.84. The number of esters is 1. The van der Waals surface area contributed by atoms with Crippen LogP contribution in [-0.2, 0) is 9.53 Å². The molecule has 16 heavy (non-hydrogen) atoms. The predicted octanol–water partition coefficient (Wildman–Crippen LogP) is 2.52. The zero-order valence-electron chi connectivity index (χ0n) is 10.7. The lowest BCUT2D eigenvalue weighted by Gasteiger charge is -2.34. The van der Waals surface area contributed by atoms with Crippen molar-refractivity contribution in [3.63, 3.8) is 0 Å². The normalized spacial score (nSPS) is 21.2. The topological polar surface area (TPSA) is 46.5 Å². The summed E-state index contributed by atoms with van der Waals surface area (Å²) in [4.78, 5) is 11.8. The molecule has 94 valence electrons. The zero-order valence-corrected chi connectivity index (χ0v) is 10.7. The van der Waals surface area contributed by atoms with Crippen molar-refractivity contribution in [3.05, 3.63) is 0 Å². The van der Waals surface area contributed by atoms with Crippen molar-refractivity contribution in [1.29, 1.82) is 0 Å². The molecule has 0 saturated heterocycles. The number of carbonyl (C=O) groups is 1. The lowest BCUT2D eigenvalue weighted by atomic mass is 9.78. The van der Waals surface area contributed by atoms with Crippen LogP contribution >= 0.6 is 0 Å². The minimum Gasteiger partial charge on any atom is -0.469 e. The summed E-state index contributed by atoms with van der Waals surface area (Å²) in [5.41, 5.74) is -0.831. The lowest BCUT2D eigenvalue weighted by Crippen LogP contribution is -2.44. The Labute approximate surface area is 98.2 Å².